The van der Waals surface area contributed by atoms with Crippen LogP contribution in [0.25, 0.3) is 0 Å². The molecular weight excluding hydrogens is 184 g/mol. The van der Waals surface area contributed by atoms with Crippen molar-refractivity contribution in [2.75, 3.05) is 0 Å². The van der Waals surface area contributed by atoms with E-state index in [1.807, 2.05) is 0 Å². The Morgan fingerprint density at radius 3 is 2.40 bits per heavy atom. The first-order valence-corrected chi connectivity index (χ1v) is 6.13. The first kappa shape index (κ1) is 10.7. The Bertz CT molecular complexity index is 314. The Hall–Kier alpha value is -0.790. The summed E-state index contributed by atoms with van der Waals surface area (Å²) >= 11 is 0. The quantitative estimate of drug-likeness (QED) is 0.744. The molecule has 0 saturated heterocycles. The number of rotatable bonds is 1. The maximum atomic E-state index is 4.75. The van der Waals surface area contributed by atoms with Gasteiger partial charge in [-0.05, 0) is 12.8 Å². The molecule has 2 nitrogen and oxygen atoms in total. The molecular formula is C13H22N2. The molecule has 0 aromatic carbocycles. The minimum absolute atomic E-state index is 0.170. The SMILES string of the molecule is CC(C)(C)c1c[nH]c(C2CCCCC2)n1. The van der Waals surface area contributed by atoms with Gasteiger partial charge in [-0.1, -0.05) is 40.0 Å². The van der Waals surface area contributed by atoms with E-state index < -0.39 is 0 Å². The lowest BCUT2D eigenvalue weighted by atomic mass is 9.88. The fraction of sp³-hybridized carbons (Fsp3) is 0.769. The van der Waals surface area contributed by atoms with E-state index in [1.165, 1.54) is 43.6 Å². The largest absolute Gasteiger partial charge is 0.348 e. The van der Waals surface area contributed by atoms with Crippen molar-refractivity contribution < 1.29 is 0 Å². The molecule has 0 bridgehead atoms. The Kier molecular flexibility index (Phi) is 2.85. The van der Waals surface area contributed by atoms with E-state index in [9.17, 15) is 0 Å². The van der Waals surface area contributed by atoms with Crippen molar-refractivity contribution in [2.45, 2.75) is 64.2 Å². The topological polar surface area (TPSA) is 28.7 Å². The molecule has 0 atom stereocenters. The highest BCUT2D eigenvalue weighted by molar-refractivity contribution is 5.13. The predicted molar refractivity (Wildman–Crippen MR) is 63.1 cm³/mol. The molecule has 0 amide bonds. The van der Waals surface area contributed by atoms with Gasteiger partial charge in [-0.25, -0.2) is 4.98 Å². The van der Waals surface area contributed by atoms with Gasteiger partial charge in [0.15, 0.2) is 0 Å². The number of hydrogen-bond acceptors (Lipinski definition) is 1. The Morgan fingerprint density at radius 1 is 1.20 bits per heavy atom. The summed E-state index contributed by atoms with van der Waals surface area (Å²) in [5.74, 6) is 1.91. The molecule has 1 aliphatic rings. The van der Waals surface area contributed by atoms with Crippen LogP contribution >= 0.6 is 0 Å². The lowest BCUT2D eigenvalue weighted by molar-refractivity contribution is 0.429. The highest BCUT2D eigenvalue weighted by Gasteiger charge is 2.22. The molecule has 1 fully saturated rings. The molecule has 2 heteroatoms. The molecule has 2 rings (SSSR count). The molecule has 1 heterocycles. The van der Waals surface area contributed by atoms with Crippen LogP contribution < -0.4 is 0 Å². The van der Waals surface area contributed by atoms with Gasteiger partial charge >= 0.3 is 0 Å². The zero-order valence-corrected chi connectivity index (χ0v) is 10.1. The van der Waals surface area contributed by atoms with Crippen LogP contribution in [-0.4, -0.2) is 9.97 Å². The number of nitrogens with one attached hydrogen (secondary N) is 1. The van der Waals surface area contributed by atoms with Gasteiger partial charge in [-0.15, -0.1) is 0 Å². The summed E-state index contributed by atoms with van der Waals surface area (Å²) in [5.41, 5.74) is 1.37. The van der Waals surface area contributed by atoms with Crippen molar-refractivity contribution in [1.29, 1.82) is 0 Å². The van der Waals surface area contributed by atoms with Crippen LogP contribution in [0.4, 0.5) is 0 Å². The summed E-state index contributed by atoms with van der Waals surface area (Å²) in [6, 6.07) is 0. The van der Waals surface area contributed by atoms with Crippen LogP contribution in [0.1, 0.15) is 70.3 Å². The molecule has 0 aliphatic heterocycles. The highest BCUT2D eigenvalue weighted by atomic mass is 14.9. The molecule has 1 saturated carbocycles. The minimum atomic E-state index is 0.170. The van der Waals surface area contributed by atoms with Crippen LogP contribution in [0, 0.1) is 0 Å². The summed E-state index contributed by atoms with van der Waals surface area (Å²) in [4.78, 5) is 8.12. The third kappa shape index (κ3) is 2.42. The van der Waals surface area contributed by atoms with Crippen LogP contribution in [0.2, 0.25) is 0 Å². The number of aromatic amines is 1. The van der Waals surface area contributed by atoms with Gasteiger partial charge in [0.05, 0.1) is 5.69 Å². The summed E-state index contributed by atoms with van der Waals surface area (Å²) < 4.78 is 0. The number of imidazole rings is 1. The van der Waals surface area contributed by atoms with Gasteiger partial charge in [0.2, 0.25) is 0 Å². The predicted octanol–water partition coefficient (Wildman–Crippen LogP) is 3.75. The summed E-state index contributed by atoms with van der Waals surface area (Å²) in [7, 11) is 0. The monoisotopic (exact) mass is 206 g/mol. The van der Waals surface area contributed by atoms with Crippen molar-refractivity contribution in [3.63, 3.8) is 0 Å². The van der Waals surface area contributed by atoms with Crippen LogP contribution in [0.15, 0.2) is 6.20 Å². The van der Waals surface area contributed by atoms with E-state index in [0.29, 0.717) is 5.92 Å². The van der Waals surface area contributed by atoms with Crippen molar-refractivity contribution in [2.24, 2.45) is 0 Å². The molecule has 0 spiro atoms. The third-order valence-electron chi connectivity index (χ3n) is 3.36. The summed E-state index contributed by atoms with van der Waals surface area (Å²) in [6.45, 7) is 6.65. The van der Waals surface area contributed by atoms with Crippen molar-refractivity contribution in [3.05, 3.63) is 17.7 Å². The fourth-order valence-electron chi connectivity index (χ4n) is 2.31. The molecule has 15 heavy (non-hydrogen) atoms. The molecule has 0 unspecified atom stereocenters. The molecule has 1 aromatic heterocycles. The first-order valence-electron chi connectivity index (χ1n) is 6.13. The van der Waals surface area contributed by atoms with Gasteiger partial charge in [0, 0.05) is 17.5 Å². The number of H-pyrrole nitrogens is 1. The minimum Gasteiger partial charge on any atom is -0.348 e. The van der Waals surface area contributed by atoms with E-state index >= 15 is 0 Å². The Labute approximate surface area is 92.5 Å². The lowest BCUT2D eigenvalue weighted by Crippen LogP contribution is -2.12. The van der Waals surface area contributed by atoms with E-state index in [0.717, 1.165) is 0 Å². The van der Waals surface area contributed by atoms with Gasteiger partial charge in [0.1, 0.15) is 5.82 Å². The molecule has 0 radical (unpaired) electrons. The third-order valence-corrected chi connectivity index (χ3v) is 3.36. The standard InChI is InChI=1S/C13H22N2/c1-13(2,3)11-9-14-12(15-11)10-7-5-4-6-8-10/h9-10H,4-8H2,1-3H3,(H,14,15). The number of hydrogen-bond donors (Lipinski definition) is 1. The Balaban J connectivity index is 2.12. The van der Waals surface area contributed by atoms with Crippen molar-refractivity contribution in [3.8, 4) is 0 Å². The zero-order chi connectivity index (χ0) is 10.9. The van der Waals surface area contributed by atoms with E-state index in [4.69, 9.17) is 4.98 Å². The van der Waals surface area contributed by atoms with Crippen LogP contribution in [0.5, 0.6) is 0 Å². The average molecular weight is 206 g/mol. The van der Waals surface area contributed by atoms with Gasteiger partial charge in [0.25, 0.3) is 0 Å². The van der Waals surface area contributed by atoms with Gasteiger partial charge in [-0.2, -0.15) is 0 Å². The van der Waals surface area contributed by atoms with Gasteiger partial charge < -0.3 is 4.98 Å². The first-order chi connectivity index (χ1) is 7.07. The molecule has 1 aliphatic carbocycles. The van der Waals surface area contributed by atoms with E-state index in [-0.39, 0.29) is 5.41 Å². The van der Waals surface area contributed by atoms with Crippen molar-refractivity contribution >= 4 is 0 Å². The number of aromatic nitrogens is 2. The second-order valence-electron chi connectivity index (χ2n) is 5.76. The molecule has 1 aromatic rings. The van der Waals surface area contributed by atoms with Crippen LogP contribution in [0.3, 0.4) is 0 Å². The second-order valence-corrected chi connectivity index (χ2v) is 5.76. The smallest absolute Gasteiger partial charge is 0.109 e. The maximum Gasteiger partial charge on any atom is 0.109 e. The Morgan fingerprint density at radius 2 is 1.87 bits per heavy atom. The fourth-order valence-corrected chi connectivity index (χ4v) is 2.31. The highest BCUT2D eigenvalue weighted by Crippen LogP contribution is 2.32. The lowest BCUT2D eigenvalue weighted by Gasteiger charge is -2.19. The summed E-state index contributed by atoms with van der Waals surface area (Å²) in [5, 5.41) is 0. The number of nitrogens with zero attached hydrogens (tertiary/aromatic N) is 1. The van der Waals surface area contributed by atoms with Crippen LogP contribution in [-0.2, 0) is 5.41 Å². The molecule has 1 N–H and O–H groups in total. The van der Waals surface area contributed by atoms with E-state index in [2.05, 4.69) is 32.0 Å². The van der Waals surface area contributed by atoms with E-state index in [1.54, 1.807) is 0 Å². The van der Waals surface area contributed by atoms with Gasteiger partial charge in [-0.3, -0.25) is 0 Å². The molecule has 84 valence electrons. The maximum absolute atomic E-state index is 4.75. The zero-order valence-electron chi connectivity index (χ0n) is 10.1. The van der Waals surface area contributed by atoms with Crippen molar-refractivity contribution in [1.82, 2.24) is 9.97 Å². The average Bonchev–Trinajstić information content (AvgIpc) is 2.67. The summed E-state index contributed by atoms with van der Waals surface area (Å²) in [6.07, 6.45) is 8.87. The second kappa shape index (κ2) is 3.99. The normalized spacial score (nSPS) is 19.4.